The molecule has 0 spiro atoms. The van der Waals surface area contributed by atoms with Gasteiger partial charge in [0.2, 0.25) is 0 Å². The van der Waals surface area contributed by atoms with E-state index in [0.717, 1.165) is 161 Å². The molecule has 0 radical (unpaired) electrons. The van der Waals surface area contributed by atoms with Crippen LogP contribution in [0.5, 0.6) is 0 Å². The number of unbranched alkanes of at least 4 members (excludes halogenated alkanes) is 27. The third-order valence-corrected chi connectivity index (χ3v) is 18.5. The van der Waals surface area contributed by atoms with Crippen molar-refractivity contribution in [2.24, 2.45) is 0 Å². The van der Waals surface area contributed by atoms with E-state index in [1.165, 1.54) is 77.0 Å². The highest BCUT2D eigenvalue weighted by Gasteiger charge is 2.30. The van der Waals surface area contributed by atoms with E-state index in [0.29, 0.717) is 32.1 Å². The second-order valence-corrected chi connectivity index (χ2v) is 29.5. The van der Waals surface area contributed by atoms with E-state index in [1.54, 1.807) is 0 Å². The summed E-state index contributed by atoms with van der Waals surface area (Å²) in [5.74, 6) is -2.30. The molecule has 0 aromatic heterocycles. The lowest BCUT2D eigenvalue weighted by molar-refractivity contribution is -0.161. The predicted molar refractivity (Wildman–Crippen MR) is 427 cm³/mol. The van der Waals surface area contributed by atoms with Gasteiger partial charge in [0.15, 0.2) is 12.2 Å². The fourth-order valence-electron chi connectivity index (χ4n) is 10.5. The van der Waals surface area contributed by atoms with Crippen LogP contribution in [0, 0.1) is 0 Å². The summed E-state index contributed by atoms with van der Waals surface area (Å²) in [6.45, 7) is 4.60. The summed E-state index contributed by atoms with van der Waals surface area (Å²) >= 11 is 0. The maximum atomic E-state index is 13.1. The summed E-state index contributed by atoms with van der Waals surface area (Å²) in [6, 6.07) is 0. The molecular weight excluding hydrogens is 1350 g/mol. The molecule has 0 aromatic rings. The average molecular weight is 1500 g/mol. The maximum absolute atomic E-state index is 13.1. The van der Waals surface area contributed by atoms with Crippen LogP contribution < -0.4 is 0 Å². The van der Waals surface area contributed by atoms with Crippen LogP contribution in [0.25, 0.3) is 0 Å². The van der Waals surface area contributed by atoms with Crippen LogP contribution in [0.1, 0.15) is 323 Å². The van der Waals surface area contributed by atoms with Gasteiger partial charge >= 0.3 is 39.5 Å². The van der Waals surface area contributed by atoms with Crippen LogP contribution in [0.4, 0.5) is 0 Å². The van der Waals surface area contributed by atoms with E-state index in [4.69, 9.17) is 37.0 Å². The molecule has 596 valence electrons. The molecule has 0 saturated carbocycles. The molecule has 5 unspecified atom stereocenters. The zero-order chi connectivity index (χ0) is 76.0. The normalized spacial score (nSPS) is 14.6. The van der Waals surface area contributed by atoms with E-state index in [-0.39, 0.29) is 25.7 Å². The highest BCUT2D eigenvalue weighted by Crippen LogP contribution is 2.45. The van der Waals surface area contributed by atoms with E-state index < -0.39 is 97.5 Å². The topological polar surface area (TPSA) is 237 Å². The standard InChI is InChI=1S/C85H144O17P2/c1-5-9-13-17-21-25-29-32-35-37-39-41-44-47-51-54-58-62-66-70-83(88)96-76-81(102-85(90)72-68-64-60-56-52-48-45-42-40-38-36-33-30-26-22-18-14-10-6-2)78-100-104(93,94)98-74-79(86)73-97-103(91,92)99-77-80(101-84(89)71-67-63-59-55-49-28-24-20-16-12-8-4)75-95-82(87)69-65-61-57-53-50-46-43-34-31-27-23-19-15-11-7-3/h9,13,21-23,25-27,32-36,39-43,47,51,58,62,79-81,86H,5-8,10-12,14-20,24,28-31,37-38,44-46,48-50,52-57,59-61,63-78H2,1-4H3,(H,91,92)(H,93,94)/b13-9-,25-21-,26-22-,27-23-,35-32-,36-33-,41-39-,42-40-,43-34-,51-47-,62-58-. The van der Waals surface area contributed by atoms with Crippen LogP contribution in [0.2, 0.25) is 0 Å². The van der Waals surface area contributed by atoms with Crippen molar-refractivity contribution in [2.45, 2.75) is 341 Å². The number of allylic oxidation sites excluding steroid dienone is 22. The summed E-state index contributed by atoms with van der Waals surface area (Å²) in [4.78, 5) is 73.0. The van der Waals surface area contributed by atoms with E-state index >= 15 is 0 Å². The Balaban J connectivity index is 5.43. The summed E-state index contributed by atoms with van der Waals surface area (Å²) in [5.41, 5.74) is 0. The molecule has 0 amide bonds. The van der Waals surface area contributed by atoms with Crippen molar-refractivity contribution in [3.8, 4) is 0 Å². The lowest BCUT2D eigenvalue weighted by atomic mass is 10.1. The van der Waals surface area contributed by atoms with Crippen LogP contribution in [0.3, 0.4) is 0 Å². The Kier molecular flexibility index (Phi) is 72.9. The van der Waals surface area contributed by atoms with E-state index in [1.807, 2.05) is 18.2 Å². The number of carbonyl (C=O) groups excluding carboxylic acids is 4. The van der Waals surface area contributed by atoms with Gasteiger partial charge in [0, 0.05) is 25.7 Å². The van der Waals surface area contributed by atoms with Gasteiger partial charge in [-0.05, 0) is 135 Å². The molecule has 0 bridgehead atoms. The Bertz CT molecular complexity index is 2490. The molecule has 0 aliphatic rings. The molecule has 0 rings (SSSR count). The molecule has 0 fully saturated rings. The van der Waals surface area contributed by atoms with Crippen LogP contribution in [-0.2, 0) is 65.4 Å². The van der Waals surface area contributed by atoms with E-state index in [9.17, 15) is 43.2 Å². The average Bonchev–Trinajstić information content (AvgIpc) is 0.928. The predicted octanol–water partition coefficient (Wildman–Crippen LogP) is 23.7. The van der Waals surface area contributed by atoms with Gasteiger partial charge < -0.3 is 33.8 Å². The minimum Gasteiger partial charge on any atom is -0.462 e. The minimum atomic E-state index is -5.00. The number of carbonyl (C=O) groups is 4. The largest absolute Gasteiger partial charge is 0.472 e. The van der Waals surface area contributed by atoms with Crippen LogP contribution in [0.15, 0.2) is 134 Å². The molecule has 19 heteroatoms. The van der Waals surface area contributed by atoms with Gasteiger partial charge in [-0.1, -0.05) is 296 Å². The van der Waals surface area contributed by atoms with Crippen LogP contribution in [-0.4, -0.2) is 96.7 Å². The quantitative estimate of drug-likeness (QED) is 0.0169. The van der Waals surface area contributed by atoms with Gasteiger partial charge in [-0.25, -0.2) is 9.13 Å². The first-order chi connectivity index (χ1) is 50.7. The lowest BCUT2D eigenvalue weighted by Crippen LogP contribution is -2.30. The van der Waals surface area contributed by atoms with Crippen molar-refractivity contribution < 1.29 is 80.2 Å². The van der Waals surface area contributed by atoms with Crippen molar-refractivity contribution in [3.63, 3.8) is 0 Å². The molecule has 3 N–H and O–H groups in total. The van der Waals surface area contributed by atoms with Gasteiger partial charge in [-0.15, -0.1) is 0 Å². The Labute approximate surface area is 631 Å². The lowest BCUT2D eigenvalue weighted by Gasteiger charge is -2.21. The Morgan fingerprint density at radius 3 is 0.846 bits per heavy atom. The van der Waals surface area contributed by atoms with Crippen molar-refractivity contribution in [1.29, 1.82) is 0 Å². The molecule has 104 heavy (non-hydrogen) atoms. The Morgan fingerprint density at radius 2 is 0.519 bits per heavy atom. The SMILES string of the molecule is CC/C=C\C/C=C\C/C=C\C/C=C\C/C=C\C/C=C\CCC(=O)OCC(COP(=O)(O)OCC(O)COP(=O)(O)OCC(COC(=O)CCCCCCC/C=C\C/C=C\CCCCC)OC(=O)CCCCCCCCCCCCC)OC(=O)CCCCCCCC/C=C\C/C=C\C/C=C\CCCCC. The first-order valence-corrected chi connectivity index (χ1v) is 43.4. The fraction of sp³-hybridized carbons (Fsp3) is 0.694. The van der Waals surface area contributed by atoms with Crippen molar-refractivity contribution in [3.05, 3.63) is 134 Å². The Hall–Kier alpha value is -4.80. The molecule has 0 saturated heterocycles. The molecule has 0 aliphatic heterocycles. The molecule has 0 heterocycles. The molecule has 17 nitrogen and oxygen atoms in total. The van der Waals surface area contributed by atoms with Gasteiger partial charge in [0.1, 0.15) is 19.3 Å². The summed E-state index contributed by atoms with van der Waals surface area (Å²) in [6.07, 6.45) is 85.8. The van der Waals surface area contributed by atoms with Gasteiger partial charge in [0.05, 0.1) is 26.4 Å². The number of aliphatic hydroxyl groups is 1. The number of ether oxygens (including phenoxy) is 4. The second-order valence-electron chi connectivity index (χ2n) is 26.6. The zero-order valence-corrected chi connectivity index (χ0v) is 66.9. The molecule has 0 aromatic carbocycles. The summed E-state index contributed by atoms with van der Waals surface area (Å²) in [5, 5.41) is 10.6. The van der Waals surface area contributed by atoms with E-state index in [2.05, 4.69) is 143 Å². The molecular formula is C85H144O17P2. The second kappa shape index (κ2) is 76.4. The van der Waals surface area contributed by atoms with Crippen LogP contribution >= 0.6 is 15.6 Å². The third-order valence-electron chi connectivity index (χ3n) is 16.6. The van der Waals surface area contributed by atoms with Gasteiger partial charge in [-0.3, -0.25) is 37.3 Å². The number of hydrogen-bond acceptors (Lipinski definition) is 15. The number of phosphoric acid groups is 2. The minimum absolute atomic E-state index is 0.0302. The molecule has 0 aliphatic carbocycles. The maximum Gasteiger partial charge on any atom is 0.472 e. The first-order valence-electron chi connectivity index (χ1n) is 40.4. The number of aliphatic hydroxyl groups excluding tert-OH is 1. The van der Waals surface area contributed by atoms with Crippen molar-refractivity contribution in [2.75, 3.05) is 39.6 Å². The van der Waals surface area contributed by atoms with Gasteiger partial charge in [0.25, 0.3) is 0 Å². The fourth-order valence-corrected chi connectivity index (χ4v) is 12.0. The van der Waals surface area contributed by atoms with Crippen molar-refractivity contribution >= 4 is 39.5 Å². The number of phosphoric ester groups is 2. The first kappa shape index (κ1) is 99.2. The highest BCUT2D eigenvalue weighted by atomic mass is 31.2. The highest BCUT2D eigenvalue weighted by molar-refractivity contribution is 7.47. The van der Waals surface area contributed by atoms with Gasteiger partial charge in [-0.2, -0.15) is 0 Å². The number of rotatable bonds is 75. The summed E-state index contributed by atoms with van der Waals surface area (Å²) < 4.78 is 68.5. The zero-order valence-electron chi connectivity index (χ0n) is 65.2. The Morgan fingerprint density at radius 1 is 0.279 bits per heavy atom. The number of hydrogen-bond donors (Lipinski definition) is 3. The molecule has 5 atom stereocenters. The monoisotopic (exact) mass is 1500 g/mol. The number of esters is 4. The summed E-state index contributed by atoms with van der Waals surface area (Å²) in [7, 11) is -9.98. The van der Waals surface area contributed by atoms with Crippen molar-refractivity contribution in [1.82, 2.24) is 0 Å². The smallest absolute Gasteiger partial charge is 0.462 e. The third kappa shape index (κ3) is 75.4.